The molecule has 1 unspecified atom stereocenters. The molecule has 1 saturated heterocycles. The summed E-state index contributed by atoms with van der Waals surface area (Å²) in [5.74, 6) is 2.48. The van der Waals surface area contributed by atoms with Crippen molar-refractivity contribution >= 4 is 11.8 Å². The van der Waals surface area contributed by atoms with Crippen LogP contribution in [0.5, 0.6) is 17.2 Å². The first-order valence-corrected chi connectivity index (χ1v) is 14.0. The lowest BCUT2D eigenvalue weighted by Crippen LogP contribution is -2.51. The molecule has 2 amide bonds. The number of rotatable bonds is 4. The molecule has 1 fully saturated rings. The van der Waals surface area contributed by atoms with Gasteiger partial charge in [0, 0.05) is 0 Å². The number of aryl methyl sites for hydroxylation is 1. The maximum Gasteiger partial charge on any atom is 0.234 e. The molecule has 3 heterocycles. The molecule has 0 radical (unpaired) electrons. The average Bonchev–Trinajstić information content (AvgIpc) is 2.96. The van der Waals surface area contributed by atoms with E-state index in [-0.39, 0.29) is 23.3 Å². The van der Waals surface area contributed by atoms with Crippen molar-refractivity contribution in [1.29, 1.82) is 0 Å². The van der Waals surface area contributed by atoms with Crippen LogP contribution in [0.4, 0.5) is 0 Å². The molecule has 2 aromatic carbocycles. The van der Waals surface area contributed by atoms with E-state index in [1.165, 1.54) is 5.56 Å². The Kier molecular flexibility index (Phi) is 8.68. The molecule has 38 heavy (non-hydrogen) atoms. The summed E-state index contributed by atoms with van der Waals surface area (Å²) in [5.41, 5.74) is 0.876. The molecule has 2 N–H and O–H groups in total. The van der Waals surface area contributed by atoms with Crippen LogP contribution in [0.3, 0.4) is 0 Å². The van der Waals surface area contributed by atoms with Crippen LogP contribution in [0.15, 0.2) is 48.5 Å². The largest absolute Gasteiger partial charge is 0.491 e. The number of carbonyl (C=O) groups excluding carboxylic acids is 2. The molecular weight excluding hydrogens is 482 g/mol. The third-order valence-electron chi connectivity index (χ3n) is 7.98. The van der Waals surface area contributed by atoms with E-state index >= 15 is 0 Å². The molecule has 0 saturated carbocycles. The lowest BCUT2D eigenvalue weighted by Gasteiger charge is -2.40. The van der Waals surface area contributed by atoms with Gasteiger partial charge in [0.25, 0.3) is 0 Å². The predicted octanol–water partition coefficient (Wildman–Crippen LogP) is 3.34. The molecule has 2 aromatic rings. The topological polar surface area (TPSA) is 89.1 Å². The van der Waals surface area contributed by atoms with Crippen molar-refractivity contribution in [2.45, 2.75) is 51.0 Å². The highest BCUT2D eigenvalue weighted by Gasteiger charge is 2.41. The van der Waals surface area contributed by atoms with Gasteiger partial charge < -0.3 is 24.8 Å². The van der Waals surface area contributed by atoms with Gasteiger partial charge in [-0.25, -0.2) is 0 Å². The maximum atomic E-state index is 13.3. The van der Waals surface area contributed by atoms with Crippen molar-refractivity contribution in [2.75, 3.05) is 45.9 Å². The summed E-state index contributed by atoms with van der Waals surface area (Å²) >= 11 is 0. The molecule has 0 aromatic heterocycles. The van der Waals surface area contributed by atoms with Gasteiger partial charge in [-0.15, -0.1) is 0 Å². The fourth-order valence-corrected chi connectivity index (χ4v) is 5.70. The number of piperidine rings is 1. The number of ether oxygens (including phenoxy) is 3. The van der Waals surface area contributed by atoms with Crippen molar-refractivity contribution in [1.82, 2.24) is 15.5 Å². The lowest BCUT2D eigenvalue weighted by molar-refractivity contribution is -0.135. The van der Waals surface area contributed by atoms with Gasteiger partial charge >= 0.3 is 0 Å². The second kappa shape index (κ2) is 12.5. The average molecular weight is 522 g/mol. The molecule has 8 nitrogen and oxygen atoms in total. The third-order valence-corrected chi connectivity index (χ3v) is 7.98. The number of nitrogens with zero attached hydrogens (tertiary/aromatic N) is 1. The fourth-order valence-electron chi connectivity index (χ4n) is 5.70. The highest BCUT2D eigenvalue weighted by atomic mass is 16.6. The minimum atomic E-state index is -0.367. The number of likely N-dealkylation sites (tertiary alicyclic amines) is 1. The lowest BCUT2D eigenvalue weighted by atomic mass is 9.73. The number of carbonyl (C=O) groups is 2. The van der Waals surface area contributed by atoms with Crippen LogP contribution in [0.2, 0.25) is 0 Å². The quantitative estimate of drug-likeness (QED) is 0.642. The van der Waals surface area contributed by atoms with E-state index in [4.69, 9.17) is 14.2 Å². The summed E-state index contributed by atoms with van der Waals surface area (Å²) in [6, 6.07) is 15.8. The minimum Gasteiger partial charge on any atom is -0.491 e. The number of fused-ring (bicyclic) bond motifs is 2. The van der Waals surface area contributed by atoms with E-state index in [0.29, 0.717) is 38.6 Å². The Morgan fingerprint density at radius 2 is 1.71 bits per heavy atom. The second-order valence-corrected chi connectivity index (χ2v) is 10.6. The monoisotopic (exact) mass is 521 g/mol. The Bertz CT molecular complexity index is 1100. The van der Waals surface area contributed by atoms with Crippen LogP contribution >= 0.6 is 0 Å². The SMILES string of the molecule is O=C(CN1CCC2(CCCCCc3ccccc3OCCNC2=O)CC1)NCC1COc2ccccc2O1. The number of hydrogen-bond donors (Lipinski definition) is 2. The molecule has 3 aliphatic rings. The predicted molar refractivity (Wildman–Crippen MR) is 145 cm³/mol. The number of amides is 2. The van der Waals surface area contributed by atoms with E-state index in [1.807, 2.05) is 36.4 Å². The molecule has 5 rings (SSSR count). The third kappa shape index (κ3) is 6.59. The second-order valence-electron chi connectivity index (χ2n) is 10.6. The van der Waals surface area contributed by atoms with Gasteiger partial charge in [0.05, 0.1) is 25.0 Å². The van der Waals surface area contributed by atoms with E-state index in [0.717, 1.165) is 69.5 Å². The van der Waals surface area contributed by atoms with E-state index in [9.17, 15) is 9.59 Å². The Hall–Kier alpha value is -3.26. The molecule has 8 heteroatoms. The van der Waals surface area contributed by atoms with E-state index < -0.39 is 0 Å². The molecule has 204 valence electrons. The Morgan fingerprint density at radius 1 is 0.947 bits per heavy atom. The van der Waals surface area contributed by atoms with Crippen LogP contribution in [0, 0.1) is 5.41 Å². The first-order valence-electron chi connectivity index (χ1n) is 14.0. The summed E-state index contributed by atoms with van der Waals surface area (Å²) in [7, 11) is 0. The number of benzene rings is 2. The van der Waals surface area contributed by atoms with Crippen molar-refractivity contribution in [3.8, 4) is 17.2 Å². The molecule has 1 spiro atoms. The summed E-state index contributed by atoms with van der Waals surface area (Å²) in [4.78, 5) is 28.2. The standard InChI is InChI=1S/C30H39N3O5/c34-28(32-20-24-22-37-26-11-5-6-12-27(26)38-24)21-33-17-14-30(15-18-33)13-7-1-2-8-23-9-3-4-10-25(23)36-19-16-31-29(30)35/h3-6,9-12,24H,1-2,7-8,13-22H2,(H,31,35)(H,32,34). The summed E-state index contributed by atoms with van der Waals surface area (Å²) < 4.78 is 17.7. The van der Waals surface area contributed by atoms with Crippen LogP contribution in [-0.4, -0.2) is 68.8 Å². The van der Waals surface area contributed by atoms with Gasteiger partial charge in [-0.1, -0.05) is 43.2 Å². The highest BCUT2D eigenvalue weighted by molar-refractivity contribution is 5.83. The van der Waals surface area contributed by atoms with Gasteiger partial charge in [-0.3, -0.25) is 14.5 Å². The summed E-state index contributed by atoms with van der Waals surface area (Å²) in [5, 5.41) is 6.14. The molecule has 1 atom stereocenters. The zero-order valence-corrected chi connectivity index (χ0v) is 22.1. The first-order chi connectivity index (χ1) is 18.6. The van der Waals surface area contributed by atoms with Gasteiger partial charge in [-0.2, -0.15) is 0 Å². The van der Waals surface area contributed by atoms with Crippen LogP contribution in [0.1, 0.15) is 44.1 Å². The zero-order valence-electron chi connectivity index (χ0n) is 22.1. The Balaban J connectivity index is 1.08. The van der Waals surface area contributed by atoms with Crippen molar-refractivity contribution in [3.63, 3.8) is 0 Å². The number of para-hydroxylation sites is 3. The molecule has 0 aliphatic carbocycles. The van der Waals surface area contributed by atoms with Gasteiger partial charge in [-0.05, 0) is 69.0 Å². The fraction of sp³-hybridized carbons (Fsp3) is 0.533. The highest BCUT2D eigenvalue weighted by Crippen LogP contribution is 2.37. The Morgan fingerprint density at radius 3 is 2.55 bits per heavy atom. The number of hydrogen-bond acceptors (Lipinski definition) is 6. The maximum absolute atomic E-state index is 13.3. The van der Waals surface area contributed by atoms with E-state index in [1.54, 1.807) is 0 Å². The van der Waals surface area contributed by atoms with Gasteiger partial charge in [0.15, 0.2) is 11.5 Å². The molecule has 3 aliphatic heterocycles. The molecular formula is C30H39N3O5. The van der Waals surface area contributed by atoms with Crippen molar-refractivity contribution in [2.24, 2.45) is 5.41 Å². The van der Waals surface area contributed by atoms with Crippen molar-refractivity contribution < 1.29 is 23.8 Å². The van der Waals surface area contributed by atoms with Crippen LogP contribution in [0.25, 0.3) is 0 Å². The Labute approximate surface area is 225 Å². The van der Waals surface area contributed by atoms with Crippen LogP contribution < -0.4 is 24.8 Å². The molecule has 0 bridgehead atoms. The summed E-state index contributed by atoms with van der Waals surface area (Å²) in [6.07, 6.45) is 6.43. The smallest absolute Gasteiger partial charge is 0.234 e. The summed E-state index contributed by atoms with van der Waals surface area (Å²) in [6.45, 7) is 3.58. The minimum absolute atomic E-state index is 0.0282. The zero-order chi connectivity index (χ0) is 26.2. The van der Waals surface area contributed by atoms with Gasteiger partial charge in [0.1, 0.15) is 25.1 Å². The number of nitrogens with one attached hydrogen (secondary N) is 2. The normalized spacial score (nSPS) is 22.0. The van der Waals surface area contributed by atoms with Gasteiger partial charge in [0.2, 0.25) is 11.8 Å². The van der Waals surface area contributed by atoms with Crippen LogP contribution in [-0.2, 0) is 16.0 Å². The first kappa shape index (κ1) is 26.4. The van der Waals surface area contributed by atoms with Crippen molar-refractivity contribution in [3.05, 3.63) is 54.1 Å². The van der Waals surface area contributed by atoms with E-state index in [2.05, 4.69) is 27.7 Å².